The molecule has 1 saturated heterocycles. The molecule has 2 aromatic carbocycles. The Kier molecular flexibility index (Phi) is 6.90. The predicted molar refractivity (Wildman–Crippen MR) is 104 cm³/mol. The summed E-state index contributed by atoms with van der Waals surface area (Å²) in [5, 5.41) is 0.621. The molecule has 0 aliphatic carbocycles. The summed E-state index contributed by atoms with van der Waals surface area (Å²) in [5.41, 5.74) is 1.46. The number of carbonyl (C=O) groups excluding carboxylic acids is 2. The van der Waals surface area contributed by atoms with Crippen molar-refractivity contribution in [3.63, 3.8) is 0 Å². The summed E-state index contributed by atoms with van der Waals surface area (Å²) in [6, 6.07) is 14.1. The van der Waals surface area contributed by atoms with Crippen LogP contribution in [-0.2, 0) is 19.1 Å². The Morgan fingerprint density at radius 2 is 1.86 bits per heavy atom. The Bertz CT molecular complexity index is 821. The fourth-order valence-electron chi connectivity index (χ4n) is 2.85. The van der Waals surface area contributed by atoms with E-state index >= 15 is 0 Å². The minimum Gasteiger partial charge on any atom is -0.482 e. The number of esters is 1. The van der Waals surface area contributed by atoms with Crippen molar-refractivity contribution < 1.29 is 23.8 Å². The summed E-state index contributed by atoms with van der Waals surface area (Å²) < 4.78 is 16.3. The molecule has 1 heterocycles. The number of ether oxygens (including phenoxy) is 3. The molecule has 1 aliphatic rings. The van der Waals surface area contributed by atoms with Gasteiger partial charge in [0.2, 0.25) is 6.10 Å². The van der Waals surface area contributed by atoms with Crippen molar-refractivity contribution in [3.05, 3.63) is 64.7 Å². The number of rotatable bonds is 6. The highest BCUT2D eigenvalue weighted by Crippen LogP contribution is 2.23. The van der Waals surface area contributed by atoms with Gasteiger partial charge in [-0.05, 0) is 30.7 Å². The Hall–Kier alpha value is -2.57. The lowest BCUT2D eigenvalue weighted by molar-refractivity contribution is -0.164. The zero-order chi connectivity index (χ0) is 19.9. The van der Waals surface area contributed by atoms with Gasteiger partial charge in [0.1, 0.15) is 5.75 Å². The number of nitrogens with zero attached hydrogens (tertiary/aromatic N) is 1. The van der Waals surface area contributed by atoms with Crippen LogP contribution >= 0.6 is 11.6 Å². The minimum atomic E-state index is -1.01. The van der Waals surface area contributed by atoms with E-state index in [1.54, 1.807) is 47.4 Å². The number of morpholine rings is 1. The van der Waals surface area contributed by atoms with Gasteiger partial charge < -0.3 is 19.1 Å². The Morgan fingerprint density at radius 1 is 1.14 bits per heavy atom. The van der Waals surface area contributed by atoms with Crippen molar-refractivity contribution in [2.45, 2.75) is 13.0 Å². The highest BCUT2D eigenvalue weighted by Gasteiger charge is 2.30. The van der Waals surface area contributed by atoms with Crippen LogP contribution in [0.5, 0.6) is 5.75 Å². The van der Waals surface area contributed by atoms with E-state index in [1.807, 2.05) is 13.0 Å². The maximum absolute atomic E-state index is 12.9. The molecule has 1 amide bonds. The van der Waals surface area contributed by atoms with E-state index in [9.17, 15) is 9.59 Å². The number of hydrogen-bond donors (Lipinski definition) is 0. The molecule has 2 aromatic rings. The van der Waals surface area contributed by atoms with Crippen LogP contribution in [0.4, 0.5) is 0 Å². The second-order valence-corrected chi connectivity index (χ2v) is 6.83. The Balaban J connectivity index is 1.67. The first-order valence-electron chi connectivity index (χ1n) is 9.04. The average Bonchev–Trinajstić information content (AvgIpc) is 2.73. The first kappa shape index (κ1) is 20.2. The molecule has 0 aromatic heterocycles. The average molecular weight is 404 g/mol. The molecule has 1 fully saturated rings. The van der Waals surface area contributed by atoms with Crippen LogP contribution in [0.2, 0.25) is 5.02 Å². The smallest absolute Gasteiger partial charge is 0.345 e. The molecule has 0 N–H and O–H groups in total. The summed E-state index contributed by atoms with van der Waals surface area (Å²) >= 11 is 5.99. The lowest BCUT2D eigenvalue weighted by Crippen LogP contribution is -2.44. The zero-order valence-corrected chi connectivity index (χ0v) is 16.4. The molecular formula is C21H22ClNO5. The molecule has 6 nitrogen and oxygen atoms in total. The predicted octanol–water partition coefficient (Wildman–Crippen LogP) is 3.17. The van der Waals surface area contributed by atoms with Gasteiger partial charge in [0.05, 0.1) is 13.2 Å². The highest BCUT2D eigenvalue weighted by atomic mass is 35.5. The molecule has 1 atom stereocenters. The van der Waals surface area contributed by atoms with Gasteiger partial charge in [0.25, 0.3) is 5.91 Å². The number of aryl methyl sites for hydroxylation is 1. The van der Waals surface area contributed by atoms with Gasteiger partial charge in [-0.15, -0.1) is 0 Å². The van der Waals surface area contributed by atoms with Crippen LogP contribution in [0.15, 0.2) is 48.5 Å². The van der Waals surface area contributed by atoms with Crippen LogP contribution in [0, 0.1) is 6.92 Å². The number of benzene rings is 2. The third kappa shape index (κ3) is 5.24. The molecule has 1 aliphatic heterocycles. The van der Waals surface area contributed by atoms with Gasteiger partial charge in [-0.25, -0.2) is 4.79 Å². The molecule has 3 rings (SSSR count). The summed E-state index contributed by atoms with van der Waals surface area (Å²) in [4.78, 5) is 26.9. The van der Waals surface area contributed by atoms with Crippen molar-refractivity contribution >= 4 is 23.5 Å². The van der Waals surface area contributed by atoms with Crippen molar-refractivity contribution in [1.82, 2.24) is 4.90 Å². The number of amides is 1. The fourth-order valence-corrected chi connectivity index (χ4v) is 2.97. The van der Waals surface area contributed by atoms with E-state index in [4.69, 9.17) is 25.8 Å². The van der Waals surface area contributed by atoms with Gasteiger partial charge in [-0.2, -0.15) is 0 Å². The Morgan fingerprint density at radius 3 is 2.54 bits per heavy atom. The monoisotopic (exact) mass is 403 g/mol. The molecule has 0 spiro atoms. The normalized spacial score (nSPS) is 15.0. The van der Waals surface area contributed by atoms with E-state index in [0.717, 1.165) is 5.56 Å². The second kappa shape index (κ2) is 9.57. The maximum atomic E-state index is 12.9. The van der Waals surface area contributed by atoms with Crippen molar-refractivity contribution in [3.8, 4) is 5.75 Å². The minimum absolute atomic E-state index is 0.259. The van der Waals surface area contributed by atoms with Gasteiger partial charge >= 0.3 is 5.97 Å². The first-order valence-corrected chi connectivity index (χ1v) is 9.42. The van der Waals surface area contributed by atoms with Crippen molar-refractivity contribution in [2.75, 3.05) is 32.9 Å². The third-order valence-electron chi connectivity index (χ3n) is 4.38. The summed E-state index contributed by atoms with van der Waals surface area (Å²) in [7, 11) is 0. The lowest BCUT2D eigenvalue weighted by atomic mass is 10.1. The first-order chi connectivity index (χ1) is 13.5. The lowest BCUT2D eigenvalue weighted by Gasteiger charge is -2.30. The van der Waals surface area contributed by atoms with Gasteiger partial charge in [-0.3, -0.25) is 4.79 Å². The molecule has 7 heteroatoms. The number of hydrogen-bond acceptors (Lipinski definition) is 5. The molecule has 0 bridgehead atoms. The van der Waals surface area contributed by atoms with E-state index in [-0.39, 0.29) is 12.5 Å². The number of halogens is 1. The summed E-state index contributed by atoms with van der Waals surface area (Å²) in [6.07, 6.45) is -1.01. The van der Waals surface area contributed by atoms with E-state index in [2.05, 4.69) is 0 Å². The van der Waals surface area contributed by atoms with Gasteiger partial charge in [0.15, 0.2) is 6.61 Å². The maximum Gasteiger partial charge on any atom is 0.345 e. The zero-order valence-electron chi connectivity index (χ0n) is 15.6. The third-order valence-corrected chi connectivity index (χ3v) is 4.81. The fraction of sp³-hybridized carbons (Fsp3) is 0.333. The quantitative estimate of drug-likeness (QED) is 0.693. The molecule has 0 radical (unpaired) electrons. The van der Waals surface area contributed by atoms with Crippen LogP contribution in [0.3, 0.4) is 0 Å². The highest BCUT2D eigenvalue weighted by molar-refractivity contribution is 6.31. The van der Waals surface area contributed by atoms with Crippen LogP contribution in [0.25, 0.3) is 0 Å². The SMILES string of the molecule is Cc1cc(OCC(=O)O[C@H](C(=O)N2CCOCC2)c2ccccc2)ccc1Cl. The summed E-state index contributed by atoms with van der Waals surface area (Å²) in [6.45, 7) is 3.43. The molecule has 0 saturated carbocycles. The second-order valence-electron chi connectivity index (χ2n) is 6.42. The largest absolute Gasteiger partial charge is 0.482 e. The van der Waals surface area contributed by atoms with E-state index in [1.165, 1.54) is 0 Å². The topological polar surface area (TPSA) is 65.1 Å². The standard InChI is InChI=1S/C21H22ClNO5/c1-15-13-17(7-8-18(15)22)27-14-19(24)28-20(16-5-3-2-4-6-16)21(25)23-9-11-26-12-10-23/h2-8,13,20H,9-12,14H2,1H3/t20-/m0/s1. The van der Waals surface area contributed by atoms with E-state index < -0.39 is 12.1 Å². The summed E-state index contributed by atoms with van der Waals surface area (Å²) in [5.74, 6) is -0.372. The number of carbonyl (C=O) groups is 2. The van der Waals surface area contributed by atoms with E-state index in [0.29, 0.717) is 42.6 Å². The van der Waals surface area contributed by atoms with Gasteiger partial charge in [-0.1, -0.05) is 41.9 Å². The van der Waals surface area contributed by atoms with Crippen LogP contribution < -0.4 is 4.74 Å². The van der Waals surface area contributed by atoms with Gasteiger partial charge in [0, 0.05) is 23.7 Å². The van der Waals surface area contributed by atoms with Crippen LogP contribution in [-0.4, -0.2) is 49.7 Å². The molecule has 0 unspecified atom stereocenters. The van der Waals surface area contributed by atoms with Crippen molar-refractivity contribution in [1.29, 1.82) is 0 Å². The molecule has 148 valence electrons. The molecule has 28 heavy (non-hydrogen) atoms. The van der Waals surface area contributed by atoms with Crippen molar-refractivity contribution in [2.24, 2.45) is 0 Å². The van der Waals surface area contributed by atoms with Crippen LogP contribution in [0.1, 0.15) is 17.2 Å². The molecular weight excluding hydrogens is 382 g/mol. The Labute approximate surface area is 168 Å².